The fraction of sp³-hybridized carbons (Fsp3) is 0.231. The fourth-order valence-corrected chi connectivity index (χ4v) is 2.84. The molecule has 1 aliphatic rings. The van der Waals surface area contributed by atoms with Crippen LogP contribution in [0.15, 0.2) is 24.3 Å². The van der Waals surface area contributed by atoms with E-state index < -0.39 is 5.91 Å². The summed E-state index contributed by atoms with van der Waals surface area (Å²) >= 11 is 1.28. The summed E-state index contributed by atoms with van der Waals surface area (Å²) < 4.78 is 4.73. The van der Waals surface area contributed by atoms with E-state index in [1.165, 1.54) is 18.4 Å². The van der Waals surface area contributed by atoms with Crippen LogP contribution in [0, 0.1) is 5.92 Å². The summed E-state index contributed by atoms with van der Waals surface area (Å²) in [6.45, 7) is 0. The number of carbonyl (C=O) groups is 2. The summed E-state index contributed by atoms with van der Waals surface area (Å²) in [5.74, 6) is -1.13. The number of methoxy groups -OCH3 is 1. The molecule has 6 heteroatoms. The second kappa shape index (κ2) is 5.27. The number of esters is 1. The number of hydrogen-bond acceptors (Lipinski definition) is 5. The molecular formula is C13H14N2O3S. The molecule has 1 heterocycles. The molecule has 1 aromatic rings. The molecule has 1 aliphatic carbocycles. The van der Waals surface area contributed by atoms with Gasteiger partial charge < -0.3 is 16.2 Å². The van der Waals surface area contributed by atoms with Crippen LogP contribution >= 0.6 is 11.3 Å². The van der Waals surface area contributed by atoms with Crippen LogP contribution in [0.25, 0.3) is 5.57 Å². The second-order valence-electron chi connectivity index (χ2n) is 4.14. The molecule has 0 aliphatic heterocycles. The normalized spacial score (nSPS) is 17.9. The summed E-state index contributed by atoms with van der Waals surface area (Å²) in [7, 11) is 1.36. The number of ether oxygens (including phenoxy) is 1. The molecule has 2 rings (SSSR count). The molecule has 0 aromatic carbocycles. The van der Waals surface area contributed by atoms with E-state index in [9.17, 15) is 9.59 Å². The lowest BCUT2D eigenvalue weighted by Gasteiger charge is -2.13. The van der Waals surface area contributed by atoms with Crippen molar-refractivity contribution in [2.45, 2.75) is 6.42 Å². The number of amides is 1. The number of rotatable bonds is 3. The molecule has 100 valence electrons. The number of allylic oxidation sites excluding steroid dienone is 3. The van der Waals surface area contributed by atoms with Crippen molar-refractivity contribution in [3.05, 3.63) is 34.7 Å². The monoisotopic (exact) mass is 278 g/mol. The van der Waals surface area contributed by atoms with E-state index >= 15 is 0 Å². The zero-order valence-electron chi connectivity index (χ0n) is 10.4. The first-order valence-corrected chi connectivity index (χ1v) is 6.50. The lowest BCUT2D eigenvalue weighted by atomic mass is 9.95. The zero-order valence-corrected chi connectivity index (χ0v) is 11.2. The maximum atomic E-state index is 11.5. The molecular weight excluding hydrogens is 264 g/mol. The maximum absolute atomic E-state index is 11.5. The number of primary amides is 1. The summed E-state index contributed by atoms with van der Waals surface area (Å²) in [5, 5.41) is 0.386. The molecule has 0 bridgehead atoms. The average Bonchev–Trinajstić information content (AvgIpc) is 2.80. The Morgan fingerprint density at radius 1 is 1.47 bits per heavy atom. The standard InChI is InChI=1S/C13H14N2O3S/c1-18-13(17)8-4-2-3-7(5-8)10-6-9(11(14)16)12(15)19-10/h2-3,5-6,8H,4,15H2,1H3,(H2,14,16). The van der Waals surface area contributed by atoms with Gasteiger partial charge in [-0.15, -0.1) is 11.3 Å². The largest absolute Gasteiger partial charge is 0.469 e. The molecule has 1 unspecified atom stereocenters. The molecule has 0 saturated carbocycles. The van der Waals surface area contributed by atoms with Crippen molar-refractivity contribution < 1.29 is 14.3 Å². The van der Waals surface area contributed by atoms with Crippen LogP contribution in [0.1, 0.15) is 21.7 Å². The SMILES string of the molecule is COC(=O)C1C=C(c2cc(C(N)=O)c(N)s2)C=CC1. The van der Waals surface area contributed by atoms with Gasteiger partial charge in [0.15, 0.2) is 0 Å². The topological polar surface area (TPSA) is 95.4 Å². The van der Waals surface area contributed by atoms with Gasteiger partial charge in [0.1, 0.15) is 0 Å². The Hall–Kier alpha value is -2.08. The Kier molecular flexibility index (Phi) is 3.71. The van der Waals surface area contributed by atoms with Crippen LogP contribution in [0.2, 0.25) is 0 Å². The molecule has 0 spiro atoms. The predicted molar refractivity (Wildman–Crippen MR) is 74.5 cm³/mol. The third-order valence-corrected chi connectivity index (χ3v) is 3.90. The first kappa shape index (κ1) is 13.4. The lowest BCUT2D eigenvalue weighted by molar-refractivity contribution is -0.143. The van der Waals surface area contributed by atoms with Crippen LogP contribution < -0.4 is 11.5 Å². The Labute approximate surface area is 114 Å². The van der Waals surface area contributed by atoms with Crippen LogP contribution in [-0.2, 0) is 9.53 Å². The van der Waals surface area contributed by atoms with Gasteiger partial charge in [-0.25, -0.2) is 0 Å². The molecule has 1 atom stereocenters. The maximum Gasteiger partial charge on any atom is 0.312 e. The smallest absolute Gasteiger partial charge is 0.312 e. The number of thiophene rings is 1. The Balaban J connectivity index is 2.33. The third kappa shape index (κ3) is 2.68. The highest BCUT2D eigenvalue weighted by molar-refractivity contribution is 7.17. The molecule has 0 radical (unpaired) electrons. The van der Waals surface area contributed by atoms with Crippen LogP contribution in [-0.4, -0.2) is 19.0 Å². The Bertz CT molecular complexity index is 587. The highest BCUT2D eigenvalue weighted by Crippen LogP contribution is 2.33. The summed E-state index contributed by atoms with van der Waals surface area (Å²) in [6.07, 6.45) is 6.23. The highest BCUT2D eigenvalue weighted by atomic mass is 32.1. The number of carbonyl (C=O) groups excluding carboxylic acids is 2. The van der Waals surface area contributed by atoms with Crippen molar-refractivity contribution in [2.24, 2.45) is 11.7 Å². The van der Waals surface area contributed by atoms with E-state index in [-0.39, 0.29) is 11.9 Å². The van der Waals surface area contributed by atoms with E-state index in [1.807, 2.05) is 18.2 Å². The third-order valence-electron chi connectivity index (χ3n) is 2.88. The summed E-state index contributed by atoms with van der Waals surface area (Å²) in [5.41, 5.74) is 12.1. The molecule has 5 nitrogen and oxygen atoms in total. The number of nitrogen functional groups attached to an aromatic ring is 1. The number of nitrogens with two attached hydrogens (primary N) is 2. The van der Waals surface area contributed by atoms with E-state index in [2.05, 4.69) is 0 Å². The molecule has 4 N–H and O–H groups in total. The van der Waals surface area contributed by atoms with Crippen LogP contribution in [0.4, 0.5) is 5.00 Å². The molecule has 19 heavy (non-hydrogen) atoms. The molecule has 0 fully saturated rings. The first-order valence-electron chi connectivity index (χ1n) is 5.68. The van der Waals surface area contributed by atoms with Gasteiger partial charge in [-0.3, -0.25) is 9.59 Å². The van der Waals surface area contributed by atoms with E-state index in [4.69, 9.17) is 16.2 Å². The minimum Gasteiger partial charge on any atom is -0.469 e. The molecule has 1 aromatic heterocycles. The fourth-order valence-electron chi connectivity index (χ4n) is 1.90. The predicted octanol–water partition coefficient (Wildman–Crippen LogP) is 1.56. The van der Waals surface area contributed by atoms with Gasteiger partial charge in [0.05, 0.1) is 23.6 Å². The quantitative estimate of drug-likeness (QED) is 0.820. The van der Waals surface area contributed by atoms with Crippen molar-refractivity contribution in [3.8, 4) is 0 Å². The van der Waals surface area contributed by atoms with Gasteiger partial charge in [-0.2, -0.15) is 0 Å². The second-order valence-corrected chi connectivity index (χ2v) is 5.23. The van der Waals surface area contributed by atoms with Crippen molar-refractivity contribution in [1.29, 1.82) is 0 Å². The van der Waals surface area contributed by atoms with Crippen molar-refractivity contribution in [1.82, 2.24) is 0 Å². The summed E-state index contributed by atoms with van der Waals surface area (Å²) in [4.78, 5) is 23.5. The van der Waals surface area contributed by atoms with Crippen LogP contribution in [0.5, 0.6) is 0 Å². The van der Waals surface area contributed by atoms with Gasteiger partial charge in [-0.05, 0) is 18.1 Å². The molecule has 1 amide bonds. The zero-order chi connectivity index (χ0) is 14.0. The molecule has 0 saturated heterocycles. The van der Waals surface area contributed by atoms with Gasteiger partial charge in [0.25, 0.3) is 5.91 Å². The van der Waals surface area contributed by atoms with Gasteiger partial charge in [0.2, 0.25) is 0 Å². The van der Waals surface area contributed by atoms with Gasteiger partial charge >= 0.3 is 5.97 Å². The van der Waals surface area contributed by atoms with Crippen molar-refractivity contribution >= 4 is 33.8 Å². The van der Waals surface area contributed by atoms with Gasteiger partial charge in [-0.1, -0.05) is 18.2 Å². The Morgan fingerprint density at radius 3 is 2.79 bits per heavy atom. The highest BCUT2D eigenvalue weighted by Gasteiger charge is 2.20. The average molecular weight is 278 g/mol. The first-order chi connectivity index (χ1) is 9.02. The Morgan fingerprint density at radius 2 is 2.21 bits per heavy atom. The lowest BCUT2D eigenvalue weighted by Crippen LogP contribution is -2.15. The van der Waals surface area contributed by atoms with Crippen LogP contribution in [0.3, 0.4) is 0 Å². The number of anilines is 1. The summed E-state index contributed by atoms with van der Waals surface area (Å²) in [6, 6.07) is 1.65. The number of hydrogen-bond donors (Lipinski definition) is 2. The van der Waals surface area contributed by atoms with Crippen molar-refractivity contribution in [2.75, 3.05) is 12.8 Å². The van der Waals surface area contributed by atoms with Gasteiger partial charge in [0, 0.05) is 4.88 Å². The minimum absolute atomic E-state index is 0.276. The van der Waals surface area contributed by atoms with E-state index in [0.717, 1.165) is 10.5 Å². The van der Waals surface area contributed by atoms with Crippen molar-refractivity contribution in [3.63, 3.8) is 0 Å². The van der Waals surface area contributed by atoms with E-state index in [0.29, 0.717) is 17.0 Å². The minimum atomic E-state index is -0.551. The van der Waals surface area contributed by atoms with E-state index in [1.54, 1.807) is 6.07 Å².